The smallest absolute Gasteiger partial charge is 0.254 e. The summed E-state index contributed by atoms with van der Waals surface area (Å²) < 4.78 is 0. The molecule has 2 rings (SSSR count). The number of carbonyl (C=O) groups is 1. The molecule has 1 aliphatic carbocycles. The van der Waals surface area contributed by atoms with E-state index in [0.29, 0.717) is 5.56 Å². The van der Waals surface area contributed by atoms with Crippen LogP contribution in [0.15, 0.2) is 18.3 Å². The number of hydrogen-bond donors (Lipinski definition) is 2. The van der Waals surface area contributed by atoms with Crippen molar-refractivity contribution in [1.82, 2.24) is 10.3 Å². The highest BCUT2D eigenvalue weighted by atomic mass is 35.5. The van der Waals surface area contributed by atoms with Gasteiger partial charge in [-0.05, 0) is 25.0 Å². The zero-order chi connectivity index (χ0) is 12.3. The van der Waals surface area contributed by atoms with Crippen LogP contribution in [0.25, 0.3) is 0 Å². The van der Waals surface area contributed by atoms with Crippen LogP contribution in [-0.2, 0) is 0 Å². The van der Waals surface area contributed by atoms with Crippen molar-refractivity contribution in [2.75, 3.05) is 0 Å². The Labute approximate surface area is 118 Å². The Balaban J connectivity index is 0.00000162. The number of aromatic nitrogens is 1. The van der Waals surface area contributed by atoms with E-state index in [0.717, 1.165) is 25.7 Å². The van der Waals surface area contributed by atoms with Crippen LogP contribution in [0.2, 0.25) is 5.15 Å². The van der Waals surface area contributed by atoms with Crippen molar-refractivity contribution in [3.05, 3.63) is 29.0 Å². The summed E-state index contributed by atoms with van der Waals surface area (Å²) in [6.45, 7) is 0. The molecule has 0 radical (unpaired) electrons. The number of amides is 1. The first-order valence-electron chi connectivity index (χ1n) is 5.85. The molecule has 1 amide bonds. The van der Waals surface area contributed by atoms with Gasteiger partial charge in [0, 0.05) is 18.3 Å². The fourth-order valence-electron chi connectivity index (χ4n) is 2.14. The predicted octanol–water partition coefficient (Wildman–Crippen LogP) is 2.16. The highest BCUT2D eigenvalue weighted by Crippen LogP contribution is 2.18. The lowest BCUT2D eigenvalue weighted by atomic mass is 9.91. The Morgan fingerprint density at radius 2 is 2.17 bits per heavy atom. The fourth-order valence-corrected chi connectivity index (χ4v) is 2.35. The number of nitrogens with one attached hydrogen (secondary N) is 1. The van der Waals surface area contributed by atoms with Gasteiger partial charge in [-0.2, -0.15) is 0 Å². The van der Waals surface area contributed by atoms with E-state index in [9.17, 15) is 4.79 Å². The molecule has 0 saturated heterocycles. The van der Waals surface area contributed by atoms with Gasteiger partial charge in [0.05, 0.1) is 5.56 Å². The molecule has 0 aromatic carbocycles. The van der Waals surface area contributed by atoms with Gasteiger partial charge >= 0.3 is 0 Å². The van der Waals surface area contributed by atoms with E-state index in [-0.39, 0.29) is 35.6 Å². The maximum absolute atomic E-state index is 12.0. The Bertz CT molecular complexity index is 414. The number of nitrogens with two attached hydrogens (primary N) is 1. The predicted molar refractivity (Wildman–Crippen MR) is 74.2 cm³/mol. The third-order valence-electron chi connectivity index (χ3n) is 3.14. The molecule has 1 heterocycles. The second-order valence-corrected chi connectivity index (χ2v) is 4.73. The Hall–Kier alpha value is -0.840. The maximum Gasteiger partial charge on any atom is 0.254 e. The summed E-state index contributed by atoms with van der Waals surface area (Å²) in [5.41, 5.74) is 6.39. The number of halogens is 2. The summed E-state index contributed by atoms with van der Waals surface area (Å²) in [6, 6.07) is 3.45. The molecule has 1 aromatic heterocycles. The molecular formula is C12H17Cl2N3O. The van der Waals surface area contributed by atoms with Crippen molar-refractivity contribution in [3.8, 4) is 0 Å². The van der Waals surface area contributed by atoms with Gasteiger partial charge in [-0.25, -0.2) is 4.98 Å². The number of rotatable bonds is 2. The van der Waals surface area contributed by atoms with Crippen molar-refractivity contribution in [2.24, 2.45) is 5.73 Å². The van der Waals surface area contributed by atoms with E-state index in [2.05, 4.69) is 10.3 Å². The van der Waals surface area contributed by atoms with E-state index in [1.807, 2.05) is 0 Å². The molecule has 0 aliphatic heterocycles. The minimum Gasteiger partial charge on any atom is -0.348 e. The topological polar surface area (TPSA) is 68.0 Å². The standard InChI is InChI=1S/C12H16ClN3O.ClH/c13-11-8(4-3-7-15-11)12(17)16-10-6-2-1-5-9(10)14;/h3-4,7,9-10H,1-2,5-6,14H2,(H,16,17);1H. The van der Waals surface area contributed by atoms with Crippen molar-refractivity contribution >= 4 is 29.9 Å². The second kappa shape index (κ2) is 6.92. The van der Waals surface area contributed by atoms with Crippen LogP contribution >= 0.6 is 24.0 Å². The molecule has 1 fully saturated rings. The largest absolute Gasteiger partial charge is 0.348 e. The molecule has 1 aromatic rings. The van der Waals surface area contributed by atoms with Crippen molar-refractivity contribution in [2.45, 2.75) is 37.8 Å². The monoisotopic (exact) mass is 289 g/mol. The zero-order valence-electron chi connectivity index (χ0n) is 9.93. The lowest BCUT2D eigenvalue weighted by Crippen LogP contribution is -2.49. The van der Waals surface area contributed by atoms with Gasteiger partial charge in [0.25, 0.3) is 5.91 Å². The molecule has 1 aliphatic rings. The third-order valence-corrected chi connectivity index (χ3v) is 3.44. The van der Waals surface area contributed by atoms with E-state index < -0.39 is 0 Å². The lowest BCUT2D eigenvalue weighted by Gasteiger charge is -2.29. The first-order chi connectivity index (χ1) is 8.18. The molecule has 0 bridgehead atoms. The van der Waals surface area contributed by atoms with Crippen LogP contribution in [0.1, 0.15) is 36.0 Å². The normalized spacial score (nSPS) is 23.0. The maximum atomic E-state index is 12.0. The van der Waals surface area contributed by atoms with Gasteiger partial charge in [0.1, 0.15) is 5.15 Å². The van der Waals surface area contributed by atoms with Gasteiger partial charge in [-0.3, -0.25) is 4.79 Å². The van der Waals surface area contributed by atoms with Crippen LogP contribution < -0.4 is 11.1 Å². The highest BCUT2D eigenvalue weighted by molar-refractivity contribution is 6.32. The molecule has 3 N–H and O–H groups in total. The summed E-state index contributed by atoms with van der Waals surface area (Å²) in [5, 5.41) is 3.17. The molecule has 18 heavy (non-hydrogen) atoms. The SMILES string of the molecule is Cl.NC1CCCCC1NC(=O)c1cccnc1Cl. The van der Waals surface area contributed by atoms with Crippen LogP contribution in [0.3, 0.4) is 0 Å². The summed E-state index contributed by atoms with van der Waals surface area (Å²) in [7, 11) is 0. The molecular weight excluding hydrogens is 273 g/mol. The van der Waals surface area contributed by atoms with Crippen LogP contribution in [-0.4, -0.2) is 23.0 Å². The average molecular weight is 290 g/mol. The van der Waals surface area contributed by atoms with Gasteiger partial charge in [-0.1, -0.05) is 24.4 Å². The second-order valence-electron chi connectivity index (χ2n) is 4.37. The molecule has 100 valence electrons. The van der Waals surface area contributed by atoms with Crippen molar-refractivity contribution < 1.29 is 4.79 Å². The van der Waals surface area contributed by atoms with Crippen molar-refractivity contribution in [1.29, 1.82) is 0 Å². The minimum absolute atomic E-state index is 0. The van der Waals surface area contributed by atoms with Crippen LogP contribution in [0.5, 0.6) is 0 Å². The van der Waals surface area contributed by atoms with Gasteiger partial charge in [0.2, 0.25) is 0 Å². The first kappa shape index (κ1) is 15.2. The molecule has 2 unspecified atom stereocenters. The fraction of sp³-hybridized carbons (Fsp3) is 0.500. The third kappa shape index (κ3) is 3.57. The Morgan fingerprint density at radius 1 is 1.44 bits per heavy atom. The summed E-state index contributed by atoms with van der Waals surface area (Å²) >= 11 is 5.87. The van der Waals surface area contributed by atoms with Gasteiger partial charge < -0.3 is 11.1 Å². The quantitative estimate of drug-likeness (QED) is 0.820. The number of hydrogen-bond acceptors (Lipinski definition) is 3. The van der Waals surface area contributed by atoms with Crippen LogP contribution in [0.4, 0.5) is 0 Å². The number of carbonyl (C=O) groups excluding carboxylic acids is 1. The van der Waals surface area contributed by atoms with Gasteiger partial charge in [0.15, 0.2) is 0 Å². The number of nitrogens with zero attached hydrogens (tertiary/aromatic N) is 1. The summed E-state index contributed by atoms with van der Waals surface area (Å²) in [6.07, 6.45) is 5.71. The highest BCUT2D eigenvalue weighted by Gasteiger charge is 2.24. The van der Waals surface area contributed by atoms with Crippen molar-refractivity contribution in [3.63, 3.8) is 0 Å². The van der Waals surface area contributed by atoms with E-state index in [1.165, 1.54) is 0 Å². The Morgan fingerprint density at radius 3 is 2.83 bits per heavy atom. The van der Waals surface area contributed by atoms with E-state index in [1.54, 1.807) is 18.3 Å². The first-order valence-corrected chi connectivity index (χ1v) is 6.23. The van der Waals surface area contributed by atoms with E-state index in [4.69, 9.17) is 17.3 Å². The molecule has 2 atom stereocenters. The van der Waals surface area contributed by atoms with Gasteiger partial charge in [-0.15, -0.1) is 12.4 Å². The summed E-state index contributed by atoms with van der Waals surface area (Å²) in [5.74, 6) is -0.189. The number of pyridine rings is 1. The molecule has 1 saturated carbocycles. The Kier molecular flexibility index (Phi) is 5.85. The molecule has 4 nitrogen and oxygen atoms in total. The average Bonchev–Trinajstić information content (AvgIpc) is 2.32. The lowest BCUT2D eigenvalue weighted by molar-refractivity contribution is 0.0921. The molecule has 0 spiro atoms. The van der Waals surface area contributed by atoms with Crippen LogP contribution in [0, 0.1) is 0 Å². The van der Waals surface area contributed by atoms with E-state index >= 15 is 0 Å². The zero-order valence-corrected chi connectivity index (χ0v) is 11.5. The summed E-state index contributed by atoms with van der Waals surface area (Å²) in [4.78, 5) is 15.9. The molecule has 6 heteroatoms. The minimum atomic E-state index is -0.189.